The van der Waals surface area contributed by atoms with Gasteiger partial charge in [-0.05, 0) is 134 Å². The summed E-state index contributed by atoms with van der Waals surface area (Å²) < 4.78 is 11.4. The lowest BCUT2D eigenvalue weighted by atomic mass is 9.47. The lowest BCUT2D eigenvalue weighted by molar-refractivity contribution is -0.138. The maximum Gasteiger partial charge on any atom is 0.192 e. The molecule has 2 saturated carbocycles. The van der Waals surface area contributed by atoms with Crippen LogP contribution in [0.5, 0.6) is 11.5 Å². The molecule has 9 heteroatoms. The van der Waals surface area contributed by atoms with Crippen LogP contribution in [0.2, 0.25) is 0 Å². The lowest BCUT2D eigenvalue weighted by Gasteiger charge is -2.63. The molecule has 266 valence electrons. The molecule has 0 unspecified atom stereocenters. The van der Waals surface area contributed by atoms with E-state index in [1.165, 1.54) is 25.7 Å². The van der Waals surface area contributed by atoms with Crippen molar-refractivity contribution in [3.05, 3.63) is 81.2 Å². The highest BCUT2D eigenvalue weighted by atomic mass is 16.5. The highest BCUT2D eigenvalue weighted by Crippen LogP contribution is 2.62. The van der Waals surface area contributed by atoms with E-state index in [2.05, 4.69) is 26.9 Å². The third-order valence-corrected chi connectivity index (χ3v) is 15.1. The summed E-state index contributed by atoms with van der Waals surface area (Å²) in [7, 11) is 3.28. The third-order valence-electron chi connectivity index (χ3n) is 15.1. The van der Waals surface area contributed by atoms with Gasteiger partial charge in [0.2, 0.25) is 0 Å². The van der Waals surface area contributed by atoms with E-state index in [4.69, 9.17) is 9.47 Å². The van der Waals surface area contributed by atoms with Crippen molar-refractivity contribution in [3.8, 4) is 11.5 Å². The van der Waals surface area contributed by atoms with E-state index in [1.54, 1.807) is 14.2 Å². The Bertz CT molecular complexity index is 1910. The minimum Gasteiger partial charge on any atom is -0.497 e. The summed E-state index contributed by atoms with van der Waals surface area (Å²) in [6.07, 6.45) is 7.70. The summed E-state index contributed by atoms with van der Waals surface area (Å²) in [5.41, 5.74) is 1.17. The van der Waals surface area contributed by atoms with Crippen LogP contribution in [0.3, 0.4) is 0 Å². The van der Waals surface area contributed by atoms with Crippen molar-refractivity contribution < 1.29 is 29.3 Å². The summed E-state index contributed by atoms with van der Waals surface area (Å²) in [5.74, 6) is 2.36. The molecule has 4 fully saturated rings. The molecule has 3 aromatic rings. The molecule has 2 aromatic carbocycles. The Morgan fingerprint density at radius 3 is 1.53 bits per heavy atom. The number of aromatic nitrogens is 1. The van der Waals surface area contributed by atoms with Crippen LogP contribution < -0.4 is 9.47 Å². The van der Waals surface area contributed by atoms with Gasteiger partial charge in [-0.2, -0.15) is 0 Å². The molecule has 6 aliphatic carbocycles. The van der Waals surface area contributed by atoms with Crippen LogP contribution in [0.25, 0.3) is 0 Å². The van der Waals surface area contributed by atoms with Crippen LogP contribution in [-0.2, 0) is 36.5 Å². The van der Waals surface area contributed by atoms with Crippen LogP contribution in [0.4, 0.5) is 0 Å². The molecule has 51 heavy (non-hydrogen) atoms. The number of aromatic amines is 1. The van der Waals surface area contributed by atoms with Gasteiger partial charge in [0.25, 0.3) is 0 Å². The zero-order valence-electron chi connectivity index (χ0n) is 29.6. The van der Waals surface area contributed by atoms with Gasteiger partial charge in [0.05, 0.1) is 36.4 Å². The van der Waals surface area contributed by atoms with Crippen LogP contribution in [0, 0.1) is 11.8 Å². The fraction of sp³-hybridized carbons (Fsp3) is 0.571. The minimum atomic E-state index is -1.37. The van der Waals surface area contributed by atoms with Gasteiger partial charge in [0.15, 0.2) is 11.6 Å². The summed E-state index contributed by atoms with van der Waals surface area (Å²) in [6, 6.07) is 11.6. The van der Waals surface area contributed by atoms with Crippen molar-refractivity contribution in [1.29, 1.82) is 0 Å². The number of rotatable bonds is 6. The van der Waals surface area contributed by atoms with Crippen LogP contribution in [-0.4, -0.2) is 100 Å². The number of nitrogens with one attached hydrogen (secondary N) is 1. The number of aliphatic hydroxyl groups is 2. The number of piperidine rings is 2. The third kappa shape index (κ3) is 3.76. The first-order chi connectivity index (χ1) is 24.6. The zero-order valence-corrected chi connectivity index (χ0v) is 29.6. The van der Waals surface area contributed by atoms with Crippen LogP contribution >= 0.6 is 0 Å². The van der Waals surface area contributed by atoms with Gasteiger partial charge in [-0.3, -0.25) is 19.4 Å². The normalized spacial score (nSPS) is 36.3. The van der Waals surface area contributed by atoms with E-state index < -0.39 is 22.0 Å². The van der Waals surface area contributed by atoms with Crippen molar-refractivity contribution in [2.24, 2.45) is 11.8 Å². The highest BCUT2D eigenvalue weighted by Gasteiger charge is 2.72. The molecule has 3 heterocycles. The molecule has 2 aliphatic heterocycles. The van der Waals surface area contributed by atoms with E-state index in [9.17, 15) is 10.2 Å². The summed E-state index contributed by atoms with van der Waals surface area (Å²) in [6.45, 7) is 3.34. The minimum absolute atomic E-state index is 0.133. The lowest BCUT2D eigenvalue weighted by Crippen LogP contribution is -2.76. The van der Waals surface area contributed by atoms with Crippen molar-refractivity contribution in [2.75, 3.05) is 40.4 Å². The number of hydrogen-bond acceptors (Lipinski definition) is 8. The summed E-state index contributed by atoms with van der Waals surface area (Å²) in [4.78, 5) is 39.3. The Morgan fingerprint density at radius 1 is 0.706 bits per heavy atom. The van der Waals surface area contributed by atoms with Gasteiger partial charge in [-0.15, -0.1) is 0 Å². The van der Waals surface area contributed by atoms with E-state index in [0.29, 0.717) is 60.4 Å². The number of carbonyl (C=O) groups is 2. The van der Waals surface area contributed by atoms with Crippen molar-refractivity contribution in [3.63, 3.8) is 0 Å². The molecule has 0 spiro atoms. The van der Waals surface area contributed by atoms with E-state index in [0.717, 1.165) is 59.6 Å². The van der Waals surface area contributed by atoms with Gasteiger partial charge in [0, 0.05) is 38.0 Å². The van der Waals surface area contributed by atoms with E-state index in [-0.39, 0.29) is 36.5 Å². The fourth-order valence-corrected chi connectivity index (χ4v) is 12.2. The maximum absolute atomic E-state index is 15.5. The number of ketones is 2. The zero-order chi connectivity index (χ0) is 34.7. The number of H-pyrrole nitrogens is 1. The van der Waals surface area contributed by atoms with E-state index in [1.807, 2.05) is 24.3 Å². The quantitative estimate of drug-likeness (QED) is 0.357. The van der Waals surface area contributed by atoms with Gasteiger partial charge < -0.3 is 24.7 Å². The second-order valence-corrected chi connectivity index (χ2v) is 17.4. The number of nitrogens with zero attached hydrogens (tertiary/aromatic N) is 2. The second-order valence-electron chi connectivity index (χ2n) is 17.4. The molecular formula is C42H47N3O6. The largest absolute Gasteiger partial charge is 0.497 e. The Kier molecular flexibility index (Phi) is 6.17. The topological polar surface area (TPSA) is 115 Å². The predicted octanol–water partition coefficient (Wildman–Crippen LogP) is 3.93. The average molecular weight is 690 g/mol. The number of methoxy groups -OCH3 is 2. The van der Waals surface area contributed by atoms with Crippen molar-refractivity contribution in [2.45, 2.75) is 98.3 Å². The van der Waals surface area contributed by atoms with Gasteiger partial charge >= 0.3 is 0 Å². The molecule has 1 aromatic heterocycles. The molecule has 0 radical (unpaired) electrons. The SMILES string of the molecule is COc1ccc2c(c1)[C@]13CCN(CC4CC4)[C@H](C2)[C@]1(O)Cc1c([nH]c2c1C[C@@]1(O)[C@H]4Cc5ccc(OC)cc5[C@@]1(CCN4CC1CC1)C2=O)C3=O. The standard InChI is InChI=1S/C42H47N3O6/c1-50-27-9-7-25-15-33-41(48)19-29-30-20-42(49)34-16-26-8-10-28(51-2)18-32(26)40(42,12-14-45(34)22-24-5-6-24)38(47)36(30)43-35(29)37(46)39(41,31(25)17-27)11-13-44(33)21-23-3-4-23/h7-10,17-18,23-24,33-34,43,48-49H,3-6,11-16,19-22H2,1-2H3/t33-,34-,39+,40+,41-,42-/m1/s1. The maximum atomic E-state index is 15.5. The number of carbonyl (C=O) groups excluding carboxylic acids is 2. The molecule has 3 N–H and O–H groups in total. The molecule has 0 amide bonds. The first-order valence-corrected chi connectivity index (χ1v) is 19.3. The number of ether oxygens (including phenoxy) is 2. The highest BCUT2D eigenvalue weighted by molar-refractivity contribution is 6.12. The Labute approximate surface area is 298 Å². The average Bonchev–Trinajstić information content (AvgIpc) is 4.07. The smallest absolute Gasteiger partial charge is 0.192 e. The first kappa shape index (κ1) is 31.1. The number of hydrogen-bond donors (Lipinski definition) is 3. The van der Waals surface area contributed by atoms with Gasteiger partial charge in [0.1, 0.15) is 22.7 Å². The Balaban J connectivity index is 1.10. The fourth-order valence-electron chi connectivity index (χ4n) is 12.2. The second kappa shape index (κ2) is 10.1. The number of likely N-dealkylation sites (tertiary alicyclic amines) is 2. The van der Waals surface area contributed by atoms with Gasteiger partial charge in [-0.1, -0.05) is 12.1 Å². The van der Waals surface area contributed by atoms with Crippen LogP contribution in [0.1, 0.15) is 92.9 Å². The Hall–Kier alpha value is -3.50. The summed E-state index contributed by atoms with van der Waals surface area (Å²) >= 11 is 0. The Morgan fingerprint density at radius 2 is 1.14 bits per heavy atom. The summed E-state index contributed by atoms with van der Waals surface area (Å²) in [5, 5.41) is 26.8. The molecule has 4 bridgehead atoms. The van der Waals surface area contributed by atoms with Crippen LogP contribution in [0.15, 0.2) is 36.4 Å². The monoisotopic (exact) mass is 689 g/mol. The van der Waals surface area contributed by atoms with Gasteiger partial charge in [-0.25, -0.2) is 0 Å². The number of Topliss-reactive ketones (excluding diaryl/α,β-unsaturated/α-hetero) is 2. The number of benzene rings is 2. The van der Waals surface area contributed by atoms with Crippen molar-refractivity contribution >= 4 is 11.6 Å². The molecule has 9 nitrogen and oxygen atoms in total. The van der Waals surface area contributed by atoms with E-state index >= 15 is 9.59 Å². The molecule has 11 rings (SSSR count). The van der Waals surface area contributed by atoms with Crippen molar-refractivity contribution in [1.82, 2.24) is 14.8 Å². The molecular weight excluding hydrogens is 642 g/mol. The molecule has 6 atom stereocenters. The number of fused-ring (bicyclic) bond motifs is 5. The predicted molar refractivity (Wildman–Crippen MR) is 189 cm³/mol. The molecule has 2 saturated heterocycles. The first-order valence-electron chi connectivity index (χ1n) is 19.3. The molecule has 8 aliphatic rings.